The van der Waals surface area contributed by atoms with Crippen LogP contribution in [0.5, 0.6) is 0 Å². The molecular formula is C8H10N4O2. The van der Waals surface area contributed by atoms with Crippen molar-refractivity contribution in [2.24, 2.45) is 5.73 Å². The maximum Gasteiger partial charge on any atom is 0.412 e. The summed E-state index contributed by atoms with van der Waals surface area (Å²) < 4.78 is 4.38. The molecule has 0 aromatic carbocycles. The lowest BCUT2D eigenvalue weighted by molar-refractivity contribution is 0.187. The van der Waals surface area contributed by atoms with Crippen LogP contribution in [0.1, 0.15) is 5.69 Å². The van der Waals surface area contributed by atoms with E-state index in [0.29, 0.717) is 11.5 Å². The summed E-state index contributed by atoms with van der Waals surface area (Å²) in [7, 11) is 1.25. The van der Waals surface area contributed by atoms with E-state index in [2.05, 4.69) is 15.0 Å². The number of nitrogen functional groups attached to an aromatic ring is 1. The predicted octanol–water partition coefficient (Wildman–Crippen LogP) is 0.544. The van der Waals surface area contributed by atoms with Gasteiger partial charge in [0.15, 0.2) is 0 Å². The zero-order chi connectivity index (χ0) is 10.6. The first-order valence-corrected chi connectivity index (χ1v) is 3.80. The Morgan fingerprint density at radius 1 is 1.64 bits per heavy atom. The summed E-state index contributed by atoms with van der Waals surface area (Å²) in [5.41, 5.74) is 5.53. The fourth-order valence-corrected chi connectivity index (χ4v) is 0.810. The predicted molar refractivity (Wildman–Crippen MR) is 51.3 cm³/mol. The number of pyridine rings is 1. The van der Waals surface area contributed by atoms with E-state index in [1.165, 1.54) is 7.11 Å². The van der Waals surface area contributed by atoms with Crippen molar-refractivity contribution in [2.75, 3.05) is 12.4 Å². The summed E-state index contributed by atoms with van der Waals surface area (Å²) >= 11 is 0. The average molecular weight is 194 g/mol. The molecule has 0 radical (unpaired) electrons. The molecule has 1 amide bonds. The normalized spacial score (nSPS) is 9.21. The number of anilines is 1. The highest BCUT2D eigenvalue weighted by molar-refractivity contribution is 5.93. The number of rotatable bonds is 2. The van der Waals surface area contributed by atoms with Crippen LogP contribution in [-0.2, 0) is 4.74 Å². The molecule has 74 valence electrons. The maximum absolute atomic E-state index is 10.8. The first-order chi connectivity index (χ1) is 6.63. The molecule has 0 aliphatic carbocycles. The summed E-state index contributed by atoms with van der Waals surface area (Å²) in [6.07, 6.45) is -0.613. The first-order valence-electron chi connectivity index (χ1n) is 3.80. The molecule has 4 N–H and O–H groups in total. The third-order valence-electron chi connectivity index (χ3n) is 1.44. The molecule has 14 heavy (non-hydrogen) atoms. The summed E-state index contributed by atoms with van der Waals surface area (Å²) in [5, 5.41) is 9.49. The van der Waals surface area contributed by atoms with Crippen LogP contribution in [0.4, 0.5) is 10.6 Å². The maximum atomic E-state index is 10.8. The van der Waals surface area contributed by atoms with Gasteiger partial charge in [-0.1, -0.05) is 6.07 Å². The fourth-order valence-electron chi connectivity index (χ4n) is 0.810. The molecule has 1 heterocycles. The lowest BCUT2D eigenvalue weighted by Gasteiger charge is -2.03. The molecule has 0 unspecified atom stereocenters. The van der Waals surface area contributed by atoms with Crippen molar-refractivity contribution in [3.63, 3.8) is 0 Å². The van der Waals surface area contributed by atoms with Crippen LogP contribution in [0.2, 0.25) is 0 Å². The minimum absolute atomic E-state index is 0.154. The van der Waals surface area contributed by atoms with E-state index in [9.17, 15) is 4.79 Å². The molecule has 0 fully saturated rings. The number of hydrogen-bond acceptors (Lipinski definition) is 4. The molecule has 0 aliphatic heterocycles. The third-order valence-corrected chi connectivity index (χ3v) is 1.44. The molecule has 1 aromatic heterocycles. The minimum atomic E-state index is -0.613. The van der Waals surface area contributed by atoms with Crippen LogP contribution in [0.25, 0.3) is 0 Å². The molecule has 1 aromatic rings. The Hall–Kier alpha value is -2.11. The van der Waals surface area contributed by atoms with Gasteiger partial charge in [-0.05, 0) is 12.1 Å². The SMILES string of the molecule is COC(=O)Nc1cccc(C(=N)N)n1. The Balaban J connectivity index is 2.83. The Morgan fingerprint density at radius 2 is 2.36 bits per heavy atom. The Morgan fingerprint density at radius 3 is 2.93 bits per heavy atom. The number of amidine groups is 1. The molecule has 0 aliphatic rings. The van der Waals surface area contributed by atoms with E-state index in [-0.39, 0.29) is 5.84 Å². The average Bonchev–Trinajstić information content (AvgIpc) is 2.18. The lowest BCUT2D eigenvalue weighted by Crippen LogP contribution is -2.16. The van der Waals surface area contributed by atoms with Crippen LogP contribution < -0.4 is 11.1 Å². The number of nitrogens with one attached hydrogen (secondary N) is 2. The Kier molecular flexibility index (Phi) is 3.01. The van der Waals surface area contributed by atoms with Gasteiger partial charge in [0, 0.05) is 0 Å². The standard InChI is InChI=1S/C8H10N4O2/c1-14-8(13)12-6-4-2-3-5(11-6)7(9)10/h2-4H,1H3,(H3,9,10)(H,11,12,13). The number of nitrogens with two attached hydrogens (primary N) is 1. The molecule has 1 rings (SSSR count). The van der Waals surface area contributed by atoms with Gasteiger partial charge in [0.1, 0.15) is 17.3 Å². The van der Waals surface area contributed by atoms with Crippen LogP contribution in [-0.4, -0.2) is 24.0 Å². The molecule has 0 saturated carbocycles. The summed E-state index contributed by atoms with van der Waals surface area (Å²) in [6, 6.07) is 4.78. The smallest absolute Gasteiger partial charge is 0.412 e. The first kappa shape index (κ1) is 9.97. The molecular weight excluding hydrogens is 184 g/mol. The summed E-state index contributed by atoms with van der Waals surface area (Å²) in [6.45, 7) is 0. The fraction of sp³-hybridized carbons (Fsp3) is 0.125. The summed E-state index contributed by atoms with van der Waals surface area (Å²) in [4.78, 5) is 14.7. The molecule has 0 saturated heterocycles. The van der Waals surface area contributed by atoms with Crippen LogP contribution in [0.3, 0.4) is 0 Å². The summed E-state index contributed by atoms with van der Waals surface area (Å²) in [5.74, 6) is 0.142. The van der Waals surface area contributed by atoms with Crippen molar-refractivity contribution >= 4 is 17.7 Å². The van der Waals surface area contributed by atoms with Crippen LogP contribution >= 0.6 is 0 Å². The van der Waals surface area contributed by atoms with Crippen molar-refractivity contribution < 1.29 is 9.53 Å². The number of methoxy groups -OCH3 is 1. The van der Waals surface area contributed by atoms with E-state index < -0.39 is 6.09 Å². The topological polar surface area (TPSA) is 101 Å². The highest BCUT2D eigenvalue weighted by Crippen LogP contribution is 2.04. The molecule has 0 atom stereocenters. The monoisotopic (exact) mass is 194 g/mol. The van der Waals surface area contributed by atoms with E-state index in [4.69, 9.17) is 11.1 Å². The van der Waals surface area contributed by atoms with Crippen molar-refractivity contribution in [2.45, 2.75) is 0 Å². The van der Waals surface area contributed by atoms with Crippen molar-refractivity contribution in [3.05, 3.63) is 23.9 Å². The number of carbonyl (C=O) groups is 1. The highest BCUT2D eigenvalue weighted by atomic mass is 16.5. The van der Waals surface area contributed by atoms with Crippen molar-refractivity contribution in [3.8, 4) is 0 Å². The second-order valence-electron chi connectivity index (χ2n) is 2.44. The zero-order valence-corrected chi connectivity index (χ0v) is 7.57. The van der Waals surface area contributed by atoms with Gasteiger partial charge in [0.05, 0.1) is 7.11 Å². The molecule has 6 heteroatoms. The zero-order valence-electron chi connectivity index (χ0n) is 7.57. The second-order valence-corrected chi connectivity index (χ2v) is 2.44. The largest absolute Gasteiger partial charge is 0.453 e. The highest BCUT2D eigenvalue weighted by Gasteiger charge is 2.03. The van der Waals surface area contributed by atoms with Gasteiger partial charge in [0.25, 0.3) is 0 Å². The third kappa shape index (κ3) is 2.44. The number of ether oxygens (including phenoxy) is 1. The number of carbonyl (C=O) groups excluding carboxylic acids is 1. The van der Waals surface area contributed by atoms with Gasteiger partial charge >= 0.3 is 6.09 Å². The number of hydrogen-bond donors (Lipinski definition) is 3. The second kappa shape index (κ2) is 4.22. The van der Waals surface area contributed by atoms with E-state index >= 15 is 0 Å². The van der Waals surface area contributed by atoms with Crippen LogP contribution in [0, 0.1) is 5.41 Å². The number of amides is 1. The number of nitrogens with zero attached hydrogens (tertiary/aromatic N) is 1. The number of aromatic nitrogens is 1. The lowest BCUT2D eigenvalue weighted by atomic mass is 10.3. The molecule has 0 spiro atoms. The van der Waals surface area contributed by atoms with Crippen molar-refractivity contribution in [1.82, 2.24) is 4.98 Å². The van der Waals surface area contributed by atoms with Gasteiger partial charge < -0.3 is 10.5 Å². The van der Waals surface area contributed by atoms with Crippen molar-refractivity contribution in [1.29, 1.82) is 5.41 Å². The quantitative estimate of drug-likeness (QED) is 0.472. The van der Waals surface area contributed by atoms with Gasteiger partial charge in [0.2, 0.25) is 0 Å². The van der Waals surface area contributed by atoms with Gasteiger partial charge in [-0.3, -0.25) is 10.7 Å². The van der Waals surface area contributed by atoms with E-state index in [1.54, 1.807) is 18.2 Å². The molecule has 6 nitrogen and oxygen atoms in total. The van der Waals surface area contributed by atoms with E-state index in [0.717, 1.165) is 0 Å². The minimum Gasteiger partial charge on any atom is -0.453 e. The van der Waals surface area contributed by atoms with E-state index in [1.807, 2.05) is 0 Å². The molecule has 0 bridgehead atoms. The van der Waals surface area contributed by atoms with Gasteiger partial charge in [-0.2, -0.15) is 0 Å². The van der Waals surface area contributed by atoms with Gasteiger partial charge in [-0.15, -0.1) is 0 Å². The Bertz CT molecular complexity index is 364. The Labute approximate surface area is 80.6 Å². The van der Waals surface area contributed by atoms with Gasteiger partial charge in [-0.25, -0.2) is 9.78 Å². The van der Waals surface area contributed by atoms with Crippen LogP contribution in [0.15, 0.2) is 18.2 Å².